The van der Waals surface area contributed by atoms with Crippen molar-refractivity contribution in [3.8, 4) is 0 Å². The maximum atomic E-state index is 12.8. The molecule has 0 unspecified atom stereocenters. The molecule has 26 heavy (non-hydrogen) atoms. The zero-order valence-corrected chi connectivity index (χ0v) is 15.0. The van der Waals surface area contributed by atoms with Gasteiger partial charge in [-0.05, 0) is 12.5 Å². The van der Waals surface area contributed by atoms with Crippen LogP contribution in [0, 0.1) is 0 Å². The number of carbonyl (C=O) groups excluding carboxylic acids is 2. The lowest BCUT2D eigenvalue weighted by Gasteiger charge is -2.21. The third-order valence-electron chi connectivity index (χ3n) is 4.63. The van der Waals surface area contributed by atoms with Crippen LogP contribution in [0.2, 0.25) is 0 Å². The van der Waals surface area contributed by atoms with Crippen LogP contribution in [0.5, 0.6) is 0 Å². The summed E-state index contributed by atoms with van der Waals surface area (Å²) in [5.74, 6) is -0.0620. The molecule has 8 heteroatoms. The van der Waals surface area contributed by atoms with Crippen molar-refractivity contribution < 1.29 is 14.3 Å². The number of carbonyl (C=O) groups is 2. The number of amides is 2. The molecule has 2 aromatic rings. The van der Waals surface area contributed by atoms with E-state index in [-0.39, 0.29) is 24.0 Å². The first kappa shape index (κ1) is 17.9. The van der Waals surface area contributed by atoms with Crippen LogP contribution in [-0.4, -0.2) is 64.9 Å². The van der Waals surface area contributed by atoms with Crippen molar-refractivity contribution in [2.45, 2.75) is 12.8 Å². The van der Waals surface area contributed by atoms with E-state index >= 15 is 0 Å². The smallest absolute Gasteiger partial charge is 0.409 e. The molecule has 138 valence electrons. The van der Waals surface area contributed by atoms with E-state index in [0.717, 1.165) is 0 Å². The quantitative estimate of drug-likeness (QED) is 0.792. The van der Waals surface area contributed by atoms with Gasteiger partial charge in [-0.2, -0.15) is 5.10 Å². The van der Waals surface area contributed by atoms with Crippen LogP contribution in [0.3, 0.4) is 0 Å². The summed E-state index contributed by atoms with van der Waals surface area (Å²) >= 11 is 0. The van der Waals surface area contributed by atoms with E-state index in [0.29, 0.717) is 49.1 Å². The van der Waals surface area contributed by atoms with Gasteiger partial charge in [0.2, 0.25) is 5.91 Å². The number of rotatable bonds is 2. The fourth-order valence-electron chi connectivity index (χ4n) is 3.24. The molecule has 0 spiro atoms. The fraction of sp³-hybridized carbons (Fsp3) is 0.444. The van der Waals surface area contributed by atoms with E-state index in [1.807, 2.05) is 12.1 Å². The van der Waals surface area contributed by atoms with Gasteiger partial charge in [0.05, 0.1) is 24.6 Å². The third-order valence-corrected chi connectivity index (χ3v) is 4.63. The first-order chi connectivity index (χ1) is 12.5. The van der Waals surface area contributed by atoms with E-state index in [9.17, 15) is 14.4 Å². The number of methoxy groups -OCH3 is 1. The summed E-state index contributed by atoms with van der Waals surface area (Å²) in [6.07, 6.45) is 0.444. The Kier molecular flexibility index (Phi) is 5.20. The van der Waals surface area contributed by atoms with E-state index in [2.05, 4.69) is 5.10 Å². The highest BCUT2D eigenvalue weighted by molar-refractivity contribution is 5.88. The van der Waals surface area contributed by atoms with Crippen LogP contribution < -0.4 is 5.56 Å². The lowest BCUT2D eigenvalue weighted by molar-refractivity contribution is -0.130. The zero-order chi connectivity index (χ0) is 18.7. The molecule has 0 atom stereocenters. The molecule has 1 fully saturated rings. The number of nitrogens with zero attached hydrogens (tertiary/aromatic N) is 4. The first-order valence-corrected chi connectivity index (χ1v) is 8.57. The maximum Gasteiger partial charge on any atom is 0.409 e. The molecule has 1 aliphatic rings. The molecule has 1 aromatic carbocycles. The summed E-state index contributed by atoms with van der Waals surface area (Å²) in [6, 6.07) is 7.18. The average Bonchev–Trinajstić information content (AvgIpc) is 2.91. The van der Waals surface area contributed by atoms with Gasteiger partial charge in [0, 0.05) is 38.6 Å². The summed E-state index contributed by atoms with van der Waals surface area (Å²) in [4.78, 5) is 40.0. The molecular weight excluding hydrogens is 336 g/mol. The summed E-state index contributed by atoms with van der Waals surface area (Å²) in [5, 5.41) is 5.55. The SMILES string of the molecule is COC(=O)N1CCCN(C(=O)Cc2nn(C)c(=O)c3ccccc23)CC1. The van der Waals surface area contributed by atoms with Crippen molar-refractivity contribution in [3.63, 3.8) is 0 Å². The van der Waals surface area contributed by atoms with Crippen molar-refractivity contribution in [3.05, 3.63) is 40.3 Å². The summed E-state index contributed by atoms with van der Waals surface area (Å²) < 4.78 is 6.02. The second kappa shape index (κ2) is 7.55. The number of aromatic nitrogens is 2. The van der Waals surface area contributed by atoms with Crippen molar-refractivity contribution in [1.82, 2.24) is 19.6 Å². The maximum absolute atomic E-state index is 12.8. The first-order valence-electron chi connectivity index (χ1n) is 8.57. The number of hydrogen-bond acceptors (Lipinski definition) is 5. The second-order valence-corrected chi connectivity index (χ2v) is 6.29. The number of ether oxygens (including phenoxy) is 1. The van der Waals surface area contributed by atoms with E-state index in [1.54, 1.807) is 29.0 Å². The van der Waals surface area contributed by atoms with Crippen LogP contribution in [0.4, 0.5) is 4.79 Å². The van der Waals surface area contributed by atoms with E-state index < -0.39 is 0 Å². The van der Waals surface area contributed by atoms with Gasteiger partial charge in [0.15, 0.2) is 0 Å². The zero-order valence-electron chi connectivity index (χ0n) is 15.0. The second-order valence-electron chi connectivity index (χ2n) is 6.29. The molecule has 1 aliphatic heterocycles. The minimum absolute atomic E-state index is 0.0620. The Balaban J connectivity index is 1.78. The molecular formula is C18H22N4O4. The van der Waals surface area contributed by atoms with Crippen molar-refractivity contribution in [2.24, 2.45) is 7.05 Å². The van der Waals surface area contributed by atoms with Crippen molar-refractivity contribution in [1.29, 1.82) is 0 Å². The number of benzene rings is 1. The topological polar surface area (TPSA) is 84.7 Å². The molecule has 0 aliphatic carbocycles. The molecule has 1 aromatic heterocycles. The highest BCUT2D eigenvalue weighted by atomic mass is 16.5. The van der Waals surface area contributed by atoms with E-state index in [1.165, 1.54) is 11.8 Å². The van der Waals surface area contributed by atoms with Gasteiger partial charge < -0.3 is 14.5 Å². The number of hydrogen-bond donors (Lipinski definition) is 0. The van der Waals surface area contributed by atoms with Crippen LogP contribution in [-0.2, 0) is 23.0 Å². The van der Waals surface area contributed by atoms with Gasteiger partial charge >= 0.3 is 6.09 Å². The van der Waals surface area contributed by atoms with Crippen molar-refractivity contribution >= 4 is 22.8 Å². The van der Waals surface area contributed by atoms with E-state index in [4.69, 9.17) is 4.74 Å². The van der Waals surface area contributed by atoms with Gasteiger partial charge in [-0.1, -0.05) is 18.2 Å². The predicted molar refractivity (Wildman–Crippen MR) is 95.9 cm³/mol. The lowest BCUT2D eigenvalue weighted by atomic mass is 10.1. The van der Waals surface area contributed by atoms with Gasteiger partial charge in [-0.25, -0.2) is 9.48 Å². The Labute approximate surface area is 150 Å². The van der Waals surface area contributed by atoms with Crippen LogP contribution in [0.1, 0.15) is 12.1 Å². The fourth-order valence-corrected chi connectivity index (χ4v) is 3.24. The standard InChI is InChI=1S/C18H22N4O4/c1-20-17(24)14-7-4-3-6-13(14)15(19-20)12-16(23)21-8-5-9-22(11-10-21)18(25)26-2/h3-4,6-7H,5,8-12H2,1-2H3. The molecule has 8 nitrogen and oxygen atoms in total. The molecule has 0 N–H and O–H groups in total. The molecule has 0 bridgehead atoms. The number of fused-ring (bicyclic) bond motifs is 1. The van der Waals surface area contributed by atoms with Gasteiger partial charge in [-0.3, -0.25) is 9.59 Å². The predicted octanol–water partition coefficient (Wildman–Crippen LogP) is 0.777. The van der Waals surface area contributed by atoms with Gasteiger partial charge in [-0.15, -0.1) is 0 Å². The minimum atomic E-state index is -0.370. The Morgan fingerprint density at radius 1 is 1.08 bits per heavy atom. The monoisotopic (exact) mass is 358 g/mol. The van der Waals surface area contributed by atoms with Gasteiger partial charge in [0.1, 0.15) is 0 Å². The molecule has 3 rings (SSSR count). The highest BCUT2D eigenvalue weighted by Crippen LogP contribution is 2.15. The largest absolute Gasteiger partial charge is 0.453 e. The van der Waals surface area contributed by atoms with Gasteiger partial charge in [0.25, 0.3) is 5.56 Å². The Hall–Kier alpha value is -2.90. The lowest BCUT2D eigenvalue weighted by Crippen LogP contribution is -2.38. The number of aryl methyl sites for hydroxylation is 1. The summed E-state index contributed by atoms with van der Waals surface area (Å²) in [7, 11) is 2.94. The molecule has 0 radical (unpaired) electrons. The Morgan fingerprint density at radius 2 is 1.73 bits per heavy atom. The van der Waals surface area contributed by atoms with Crippen LogP contribution in [0.15, 0.2) is 29.1 Å². The third kappa shape index (κ3) is 3.54. The average molecular weight is 358 g/mol. The Morgan fingerprint density at radius 3 is 2.46 bits per heavy atom. The molecule has 1 saturated heterocycles. The summed E-state index contributed by atoms with van der Waals surface area (Å²) in [5.41, 5.74) is 0.405. The van der Waals surface area contributed by atoms with Crippen LogP contribution >= 0.6 is 0 Å². The molecule has 2 heterocycles. The minimum Gasteiger partial charge on any atom is -0.453 e. The summed E-state index contributed by atoms with van der Waals surface area (Å²) in [6.45, 7) is 2.05. The van der Waals surface area contributed by atoms with Crippen molar-refractivity contribution in [2.75, 3.05) is 33.3 Å². The normalized spacial score (nSPS) is 15.0. The van der Waals surface area contributed by atoms with Crippen LogP contribution in [0.25, 0.3) is 10.8 Å². The molecule has 2 amide bonds. The molecule has 0 saturated carbocycles. The highest BCUT2D eigenvalue weighted by Gasteiger charge is 2.23. The Bertz CT molecular complexity index is 892.